The average Bonchev–Trinajstić information content (AvgIpc) is 3.27. The minimum Gasteiger partial charge on any atom is -0.353 e. The highest BCUT2D eigenvalue weighted by molar-refractivity contribution is 5.92. The highest BCUT2D eigenvalue weighted by atomic mass is 16.2. The molecule has 0 atom stereocenters. The topological polar surface area (TPSA) is 122 Å². The van der Waals surface area contributed by atoms with Crippen LogP contribution < -0.4 is 21.9 Å². The van der Waals surface area contributed by atoms with Gasteiger partial charge in [0.2, 0.25) is 5.91 Å². The number of nitrogens with zero attached hydrogens (tertiary/aromatic N) is 2. The number of hydrogen-bond acceptors (Lipinski definition) is 6. The fraction of sp³-hybridized carbons (Fsp3) is 0.500. The molecule has 1 aliphatic rings. The Morgan fingerprint density at radius 2 is 2.15 bits per heavy atom. The quantitative estimate of drug-likeness (QED) is 0.304. The lowest BCUT2D eigenvalue weighted by Gasteiger charge is -2.06. The first kappa shape index (κ1) is 14.2. The van der Waals surface area contributed by atoms with E-state index in [9.17, 15) is 9.59 Å². The molecule has 108 valence electrons. The van der Waals surface area contributed by atoms with Crippen molar-refractivity contribution in [2.75, 3.05) is 12.0 Å². The van der Waals surface area contributed by atoms with Gasteiger partial charge in [0.1, 0.15) is 5.69 Å². The normalized spacial score (nSPS) is 13.7. The molecule has 1 aromatic heterocycles. The van der Waals surface area contributed by atoms with E-state index in [1.165, 1.54) is 12.4 Å². The summed E-state index contributed by atoms with van der Waals surface area (Å²) in [4.78, 5) is 31.0. The summed E-state index contributed by atoms with van der Waals surface area (Å²) in [5.41, 5.74) is 2.51. The molecule has 1 aromatic rings. The summed E-state index contributed by atoms with van der Waals surface area (Å²) in [6.45, 7) is 0.416. The number of amides is 2. The van der Waals surface area contributed by atoms with Crippen molar-refractivity contribution >= 4 is 17.6 Å². The van der Waals surface area contributed by atoms with Gasteiger partial charge in [0.25, 0.3) is 5.91 Å². The van der Waals surface area contributed by atoms with Crippen LogP contribution in [0.2, 0.25) is 0 Å². The third kappa shape index (κ3) is 4.47. The van der Waals surface area contributed by atoms with E-state index in [-0.39, 0.29) is 17.5 Å². The van der Waals surface area contributed by atoms with Crippen LogP contribution >= 0.6 is 0 Å². The van der Waals surface area contributed by atoms with Crippen LogP contribution in [-0.4, -0.2) is 34.4 Å². The van der Waals surface area contributed by atoms with Crippen LogP contribution in [0, 0.1) is 0 Å². The zero-order valence-electron chi connectivity index (χ0n) is 11.1. The molecule has 20 heavy (non-hydrogen) atoms. The van der Waals surface area contributed by atoms with Gasteiger partial charge in [0.15, 0.2) is 5.82 Å². The molecular weight excluding hydrogens is 260 g/mol. The summed E-state index contributed by atoms with van der Waals surface area (Å²) in [5.74, 6) is 5.21. The molecule has 0 unspecified atom stereocenters. The van der Waals surface area contributed by atoms with Crippen LogP contribution in [-0.2, 0) is 4.79 Å². The van der Waals surface area contributed by atoms with Crippen molar-refractivity contribution in [3.63, 3.8) is 0 Å². The van der Waals surface area contributed by atoms with Gasteiger partial charge in [-0.05, 0) is 19.3 Å². The molecule has 0 spiro atoms. The summed E-state index contributed by atoms with van der Waals surface area (Å²) in [6, 6.07) is 0.374. The Morgan fingerprint density at radius 3 is 2.85 bits per heavy atom. The van der Waals surface area contributed by atoms with Crippen LogP contribution in [0.3, 0.4) is 0 Å². The molecule has 2 rings (SSSR count). The van der Waals surface area contributed by atoms with Crippen LogP contribution in [0.1, 0.15) is 36.2 Å². The van der Waals surface area contributed by atoms with Crippen molar-refractivity contribution in [1.82, 2.24) is 20.6 Å². The molecule has 0 bridgehead atoms. The molecule has 8 heteroatoms. The highest BCUT2D eigenvalue weighted by Gasteiger charge is 2.22. The maximum atomic E-state index is 11.8. The lowest BCUT2D eigenvalue weighted by Crippen LogP contribution is -2.29. The number of carbonyl (C=O) groups excluding carboxylic acids is 2. The first-order valence-electron chi connectivity index (χ1n) is 6.55. The van der Waals surface area contributed by atoms with Crippen LogP contribution in [0.15, 0.2) is 12.4 Å². The van der Waals surface area contributed by atoms with E-state index in [4.69, 9.17) is 5.84 Å². The Kier molecular flexibility index (Phi) is 4.83. The Hall–Kier alpha value is -2.22. The van der Waals surface area contributed by atoms with E-state index in [0.29, 0.717) is 31.2 Å². The van der Waals surface area contributed by atoms with Gasteiger partial charge in [-0.3, -0.25) is 14.6 Å². The smallest absolute Gasteiger partial charge is 0.271 e. The fourth-order valence-electron chi connectivity index (χ4n) is 1.61. The summed E-state index contributed by atoms with van der Waals surface area (Å²) >= 11 is 0. The molecule has 1 aliphatic carbocycles. The van der Waals surface area contributed by atoms with Crippen LogP contribution in [0.5, 0.6) is 0 Å². The van der Waals surface area contributed by atoms with E-state index in [1.807, 2.05) is 0 Å². The summed E-state index contributed by atoms with van der Waals surface area (Å²) < 4.78 is 0. The third-order valence-electron chi connectivity index (χ3n) is 2.82. The second kappa shape index (κ2) is 6.80. The Balaban J connectivity index is 1.67. The molecule has 0 saturated heterocycles. The van der Waals surface area contributed by atoms with Crippen molar-refractivity contribution in [3.8, 4) is 0 Å². The standard InChI is InChI=1S/C12H18N6O2/c13-18-10-7-14-6-9(17-10)12(20)15-5-1-2-11(19)16-8-3-4-8/h6-8H,1-5,13H2,(H,15,20)(H,16,19)(H,17,18). The Morgan fingerprint density at radius 1 is 1.35 bits per heavy atom. The zero-order valence-corrected chi connectivity index (χ0v) is 11.1. The van der Waals surface area contributed by atoms with Crippen molar-refractivity contribution in [2.24, 2.45) is 5.84 Å². The van der Waals surface area contributed by atoms with E-state index in [2.05, 4.69) is 26.0 Å². The van der Waals surface area contributed by atoms with E-state index in [1.54, 1.807) is 0 Å². The molecule has 0 aliphatic heterocycles. The summed E-state index contributed by atoms with van der Waals surface area (Å²) in [5, 5.41) is 5.58. The summed E-state index contributed by atoms with van der Waals surface area (Å²) in [6.07, 6.45) is 5.92. The van der Waals surface area contributed by atoms with Gasteiger partial charge in [-0.1, -0.05) is 0 Å². The molecule has 5 N–H and O–H groups in total. The van der Waals surface area contributed by atoms with Crippen LogP contribution in [0.4, 0.5) is 5.82 Å². The molecular formula is C12H18N6O2. The number of hydrazine groups is 1. The SMILES string of the molecule is NNc1cncc(C(=O)NCCCC(=O)NC2CC2)n1. The minimum atomic E-state index is -0.336. The monoisotopic (exact) mass is 278 g/mol. The van der Waals surface area contributed by atoms with Gasteiger partial charge in [0.05, 0.1) is 12.4 Å². The molecule has 1 heterocycles. The second-order valence-electron chi connectivity index (χ2n) is 4.64. The first-order chi connectivity index (χ1) is 9.69. The van der Waals surface area contributed by atoms with Gasteiger partial charge in [-0.2, -0.15) is 0 Å². The van der Waals surface area contributed by atoms with Gasteiger partial charge in [-0.15, -0.1) is 0 Å². The number of nitrogen functional groups attached to an aromatic ring is 1. The second-order valence-corrected chi connectivity index (χ2v) is 4.64. The van der Waals surface area contributed by atoms with Crippen molar-refractivity contribution < 1.29 is 9.59 Å². The Bertz CT molecular complexity index is 489. The van der Waals surface area contributed by atoms with Gasteiger partial charge in [0, 0.05) is 19.0 Å². The minimum absolute atomic E-state index is 0.0378. The number of hydrogen-bond donors (Lipinski definition) is 4. The van der Waals surface area contributed by atoms with Gasteiger partial charge in [-0.25, -0.2) is 10.8 Å². The predicted molar refractivity (Wildman–Crippen MR) is 72.6 cm³/mol. The Labute approximate surface area is 116 Å². The maximum absolute atomic E-state index is 11.8. The molecule has 0 radical (unpaired) electrons. The molecule has 1 fully saturated rings. The number of carbonyl (C=O) groups is 2. The molecule has 0 aromatic carbocycles. The van der Waals surface area contributed by atoms with Gasteiger partial charge >= 0.3 is 0 Å². The van der Waals surface area contributed by atoms with E-state index < -0.39 is 0 Å². The van der Waals surface area contributed by atoms with Gasteiger partial charge < -0.3 is 16.1 Å². The largest absolute Gasteiger partial charge is 0.353 e. The molecule has 8 nitrogen and oxygen atoms in total. The molecule has 1 saturated carbocycles. The molecule has 2 amide bonds. The number of nitrogens with one attached hydrogen (secondary N) is 3. The summed E-state index contributed by atoms with van der Waals surface area (Å²) in [7, 11) is 0. The van der Waals surface area contributed by atoms with E-state index in [0.717, 1.165) is 12.8 Å². The average molecular weight is 278 g/mol. The lowest BCUT2D eigenvalue weighted by atomic mass is 10.3. The lowest BCUT2D eigenvalue weighted by molar-refractivity contribution is -0.121. The predicted octanol–water partition coefficient (Wildman–Crippen LogP) is -0.449. The van der Waals surface area contributed by atoms with Crippen molar-refractivity contribution in [1.29, 1.82) is 0 Å². The van der Waals surface area contributed by atoms with Crippen molar-refractivity contribution in [2.45, 2.75) is 31.7 Å². The first-order valence-corrected chi connectivity index (χ1v) is 6.55. The number of rotatable bonds is 7. The highest BCUT2D eigenvalue weighted by Crippen LogP contribution is 2.18. The maximum Gasteiger partial charge on any atom is 0.271 e. The van der Waals surface area contributed by atoms with E-state index >= 15 is 0 Å². The zero-order chi connectivity index (χ0) is 14.4. The number of anilines is 1. The van der Waals surface area contributed by atoms with Crippen LogP contribution in [0.25, 0.3) is 0 Å². The number of aromatic nitrogens is 2. The third-order valence-corrected chi connectivity index (χ3v) is 2.82. The van der Waals surface area contributed by atoms with Crippen molar-refractivity contribution in [3.05, 3.63) is 18.1 Å². The number of nitrogens with two attached hydrogens (primary N) is 1. The fourth-order valence-corrected chi connectivity index (χ4v) is 1.61.